The number of allylic oxidation sites excluding steroid dienone is 2. The lowest BCUT2D eigenvalue weighted by atomic mass is 10.0. The molecule has 1 aliphatic rings. The summed E-state index contributed by atoms with van der Waals surface area (Å²) in [6.45, 7) is 10.7. The molecule has 2 N–H and O–H groups in total. The highest BCUT2D eigenvalue weighted by molar-refractivity contribution is 7.80. The van der Waals surface area contributed by atoms with Crippen LogP contribution in [-0.4, -0.2) is 12.3 Å². The van der Waals surface area contributed by atoms with Crippen molar-refractivity contribution < 1.29 is 13.6 Å². The third-order valence-electron chi connectivity index (χ3n) is 5.57. The summed E-state index contributed by atoms with van der Waals surface area (Å²) in [4.78, 5) is 11.6. The first-order chi connectivity index (χ1) is 16.9. The van der Waals surface area contributed by atoms with Gasteiger partial charge in [-0.25, -0.2) is 8.78 Å². The van der Waals surface area contributed by atoms with Crippen LogP contribution in [0.25, 0.3) is 0 Å². The van der Waals surface area contributed by atoms with Crippen molar-refractivity contribution in [2.75, 3.05) is 6.54 Å². The summed E-state index contributed by atoms with van der Waals surface area (Å²) in [6, 6.07) is 12.2. The zero-order valence-corrected chi connectivity index (χ0v) is 22.7. The summed E-state index contributed by atoms with van der Waals surface area (Å²) < 4.78 is 29.2. The van der Waals surface area contributed by atoms with Gasteiger partial charge in [0, 0.05) is 41.1 Å². The minimum atomic E-state index is -0.444. The molecule has 0 heterocycles. The molecule has 0 unspecified atom stereocenters. The van der Waals surface area contributed by atoms with E-state index in [0.29, 0.717) is 18.5 Å². The van der Waals surface area contributed by atoms with Gasteiger partial charge in [0.15, 0.2) is 5.78 Å². The number of thiol groups is 1. The Balaban J connectivity index is 0.00000145. The van der Waals surface area contributed by atoms with E-state index in [9.17, 15) is 13.6 Å². The Hall–Kier alpha value is -2.18. The van der Waals surface area contributed by atoms with Crippen LogP contribution in [0.2, 0.25) is 0 Å². The smallest absolute Gasteiger partial charge is 0.157 e. The maximum atomic E-state index is 14.6. The van der Waals surface area contributed by atoms with Crippen molar-refractivity contribution in [1.82, 2.24) is 10.6 Å². The highest BCUT2D eigenvalue weighted by atomic mass is 32.1. The van der Waals surface area contributed by atoms with Gasteiger partial charge >= 0.3 is 0 Å². The van der Waals surface area contributed by atoms with Crippen LogP contribution in [0.3, 0.4) is 0 Å². The number of nitrogens with one attached hydrogen (secondary N) is 2. The summed E-state index contributed by atoms with van der Waals surface area (Å²) in [5, 5.41) is 6.51. The van der Waals surface area contributed by atoms with Gasteiger partial charge in [0.25, 0.3) is 0 Å². The molecule has 0 saturated carbocycles. The molecule has 3 rings (SSSR count). The standard InChI is InChI=1S/C25H30F2N2OS.2C2H6/c1-17(29-20-9-5-10-21(30)14-20)22-15-23(26)19(13-24(22)27)16-28-12-6-11-25(31)18-7-3-2-4-8-18;2*1-2/h2-4,7-8,13-15,17,25,28-29,31H,5-6,9-12,16H2,1H3;2*1-2H3/t17-,25-;;/m1../s1. The number of halogens is 2. The fourth-order valence-corrected chi connectivity index (χ4v) is 4.17. The van der Waals surface area contributed by atoms with Crippen molar-refractivity contribution in [2.45, 2.75) is 84.6 Å². The second-order valence-corrected chi connectivity index (χ2v) is 8.69. The highest BCUT2D eigenvalue weighted by Crippen LogP contribution is 2.25. The zero-order chi connectivity index (χ0) is 26.2. The van der Waals surface area contributed by atoms with Crippen molar-refractivity contribution in [1.29, 1.82) is 0 Å². The first kappa shape index (κ1) is 30.9. The molecule has 0 saturated heterocycles. The fourth-order valence-electron chi connectivity index (χ4n) is 3.82. The van der Waals surface area contributed by atoms with Gasteiger partial charge in [-0.15, -0.1) is 0 Å². The molecule has 2 aromatic carbocycles. The normalized spacial score (nSPS) is 14.5. The van der Waals surface area contributed by atoms with Gasteiger partial charge in [-0.1, -0.05) is 58.0 Å². The predicted octanol–water partition coefficient (Wildman–Crippen LogP) is 7.85. The molecule has 0 spiro atoms. The van der Waals surface area contributed by atoms with Gasteiger partial charge in [0.1, 0.15) is 11.6 Å². The number of hydrogen-bond acceptors (Lipinski definition) is 4. The van der Waals surface area contributed by atoms with Crippen LogP contribution in [-0.2, 0) is 11.3 Å². The lowest BCUT2D eigenvalue weighted by Crippen LogP contribution is -2.23. The third kappa shape index (κ3) is 10.5. The Kier molecular flexibility index (Phi) is 15.2. The predicted molar refractivity (Wildman–Crippen MR) is 147 cm³/mol. The summed E-state index contributed by atoms with van der Waals surface area (Å²) in [5.41, 5.74) is 2.55. The van der Waals surface area contributed by atoms with Crippen molar-refractivity contribution in [2.24, 2.45) is 0 Å². The van der Waals surface area contributed by atoms with E-state index < -0.39 is 17.7 Å². The zero-order valence-electron chi connectivity index (χ0n) is 21.8. The summed E-state index contributed by atoms with van der Waals surface area (Å²) >= 11 is 4.64. The molecule has 0 amide bonds. The van der Waals surface area contributed by atoms with Crippen molar-refractivity contribution in [3.63, 3.8) is 0 Å². The van der Waals surface area contributed by atoms with E-state index in [-0.39, 0.29) is 23.1 Å². The van der Waals surface area contributed by atoms with Crippen LogP contribution in [0, 0.1) is 11.6 Å². The van der Waals surface area contributed by atoms with Crippen molar-refractivity contribution in [3.8, 4) is 0 Å². The average Bonchev–Trinajstić information content (AvgIpc) is 2.88. The number of benzene rings is 2. The summed E-state index contributed by atoms with van der Waals surface area (Å²) in [5.74, 6) is -0.801. The topological polar surface area (TPSA) is 41.1 Å². The fraction of sp³-hybridized carbons (Fsp3) is 0.483. The molecule has 0 fully saturated rings. The van der Waals surface area contributed by atoms with E-state index in [1.54, 1.807) is 13.0 Å². The van der Waals surface area contributed by atoms with Gasteiger partial charge in [-0.05, 0) is 56.8 Å². The number of carbonyl (C=O) groups is 1. The van der Waals surface area contributed by atoms with Gasteiger partial charge in [0.05, 0.1) is 6.04 Å². The Labute approximate surface area is 216 Å². The van der Waals surface area contributed by atoms with Gasteiger partial charge in [0.2, 0.25) is 0 Å². The SMILES string of the molecule is CC.CC.C[C@@H](NC1=CC(=O)CCC1)c1cc(F)c(CNCCC[C@@H](S)c2ccccc2)cc1F. The molecule has 0 bridgehead atoms. The second-order valence-electron chi connectivity index (χ2n) is 8.07. The Morgan fingerprint density at radius 2 is 1.69 bits per heavy atom. The van der Waals surface area contributed by atoms with Crippen LogP contribution >= 0.6 is 12.6 Å². The molecular weight excluding hydrogens is 462 g/mol. The molecule has 2 atom stereocenters. The molecular formula is C29H42F2N2OS. The second kappa shape index (κ2) is 17.3. The first-order valence-electron chi connectivity index (χ1n) is 12.9. The van der Waals surface area contributed by atoms with Crippen LogP contribution in [0.1, 0.15) is 94.7 Å². The van der Waals surface area contributed by atoms with Crippen molar-refractivity contribution >= 4 is 18.4 Å². The molecule has 0 aromatic heterocycles. The van der Waals surface area contributed by atoms with Crippen LogP contribution < -0.4 is 10.6 Å². The summed E-state index contributed by atoms with van der Waals surface area (Å²) in [6.07, 6.45) is 5.44. The number of carbonyl (C=O) groups excluding carboxylic acids is 1. The van der Waals surface area contributed by atoms with Gasteiger partial charge in [-0.3, -0.25) is 4.79 Å². The Morgan fingerprint density at radius 3 is 2.34 bits per heavy atom. The number of hydrogen-bond donors (Lipinski definition) is 3. The molecule has 3 nitrogen and oxygen atoms in total. The summed E-state index contributed by atoms with van der Waals surface area (Å²) in [7, 11) is 0. The molecule has 194 valence electrons. The first-order valence-corrected chi connectivity index (χ1v) is 13.4. The monoisotopic (exact) mass is 504 g/mol. The molecule has 2 aromatic rings. The third-order valence-corrected chi connectivity index (χ3v) is 6.13. The Bertz CT molecular complexity index is 918. The highest BCUT2D eigenvalue weighted by Gasteiger charge is 2.18. The van der Waals surface area contributed by atoms with E-state index in [2.05, 4.69) is 35.4 Å². The van der Waals surface area contributed by atoms with E-state index >= 15 is 0 Å². The lowest BCUT2D eigenvalue weighted by Gasteiger charge is -2.21. The molecule has 0 aliphatic heterocycles. The van der Waals surface area contributed by atoms with Crippen LogP contribution in [0.15, 0.2) is 54.2 Å². The average molecular weight is 505 g/mol. The lowest BCUT2D eigenvalue weighted by molar-refractivity contribution is -0.115. The minimum absolute atomic E-state index is 0.0713. The minimum Gasteiger partial charge on any atom is -0.382 e. The van der Waals surface area contributed by atoms with E-state index in [1.807, 2.05) is 45.9 Å². The molecule has 35 heavy (non-hydrogen) atoms. The molecule has 6 heteroatoms. The van der Waals surface area contributed by atoms with Gasteiger partial charge < -0.3 is 10.6 Å². The molecule has 1 aliphatic carbocycles. The van der Waals surface area contributed by atoms with Crippen molar-refractivity contribution in [3.05, 3.63) is 82.6 Å². The van der Waals surface area contributed by atoms with Crippen LogP contribution in [0.4, 0.5) is 8.78 Å². The maximum absolute atomic E-state index is 14.6. The Morgan fingerprint density at radius 1 is 1.00 bits per heavy atom. The maximum Gasteiger partial charge on any atom is 0.157 e. The van der Waals surface area contributed by atoms with Gasteiger partial charge in [-0.2, -0.15) is 12.6 Å². The number of ketones is 1. The largest absolute Gasteiger partial charge is 0.382 e. The quantitative estimate of drug-likeness (QED) is 0.228. The van der Waals surface area contributed by atoms with Crippen LogP contribution in [0.5, 0.6) is 0 Å². The van der Waals surface area contributed by atoms with E-state index in [4.69, 9.17) is 0 Å². The van der Waals surface area contributed by atoms with E-state index in [1.165, 1.54) is 17.7 Å². The molecule has 0 radical (unpaired) electrons. The van der Waals surface area contributed by atoms with E-state index in [0.717, 1.165) is 31.4 Å². The number of rotatable bonds is 10.